The molecule has 11 nitrogen and oxygen atoms in total. The normalized spacial score (nSPS) is 15.4. The number of nitrogens with one attached hydrogen (secondary N) is 4. The zero-order chi connectivity index (χ0) is 31.2. The van der Waals surface area contributed by atoms with Gasteiger partial charge in [-0.1, -0.05) is 93.8 Å². The molecule has 0 radical (unpaired) electrons. The van der Waals surface area contributed by atoms with Crippen LogP contribution in [0.1, 0.15) is 63.5 Å². The number of alkyl carbamates (subject to hydrolysis) is 1. The maximum Gasteiger partial charge on any atom is 0.408 e. The van der Waals surface area contributed by atoms with E-state index in [-0.39, 0.29) is 25.5 Å². The number of benzene rings is 2. The highest BCUT2D eigenvalue weighted by Crippen LogP contribution is 2.29. The molecule has 232 valence electrons. The molecule has 2 unspecified atom stereocenters. The quantitative estimate of drug-likeness (QED) is 0.225. The Morgan fingerprint density at radius 2 is 1.42 bits per heavy atom. The van der Waals surface area contributed by atoms with Gasteiger partial charge in [-0.15, -0.1) is 0 Å². The molecule has 11 heteroatoms. The van der Waals surface area contributed by atoms with Crippen molar-refractivity contribution < 1.29 is 28.7 Å². The molecule has 0 bridgehead atoms. The fourth-order valence-electron chi connectivity index (χ4n) is 5.15. The lowest BCUT2D eigenvalue weighted by molar-refractivity contribution is -0.138. The minimum absolute atomic E-state index is 0.0355. The first-order valence-electron chi connectivity index (χ1n) is 14.8. The minimum Gasteiger partial charge on any atom is -0.445 e. The lowest BCUT2D eigenvalue weighted by Crippen LogP contribution is -2.65. The van der Waals surface area contributed by atoms with Gasteiger partial charge in [-0.2, -0.15) is 0 Å². The van der Waals surface area contributed by atoms with Crippen molar-refractivity contribution in [3.8, 4) is 0 Å². The summed E-state index contributed by atoms with van der Waals surface area (Å²) in [6.07, 6.45) is 2.79. The summed E-state index contributed by atoms with van der Waals surface area (Å²) in [5.74, 6) is -2.18. The second-order valence-corrected chi connectivity index (χ2v) is 11.4. The number of nitrogens with two attached hydrogens (primary N) is 1. The summed E-state index contributed by atoms with van der Waals surface area (Å²) in [5.41, 5.74) is 5.51. The molecule has 2 aromatic carbocycles. The highest BCUT2D eigenvalue weighted by molar-refractivity contribution is 5.97. The van der Waals surface area contributed by atoms with E-state index in [1.54, 1.807) is 0 Å². The Kier molecular flexibility index (Phi) is 12.5. The number of rotatable bonds is 14. The summed E-state index contributed by atoms with van der Waals surface area (Å²) >= 11 is 0. The van der Waals surface area contributed by atoms with Gasteiger partial charge in [0, 0.05) is 6.42 Å². The van der Waals surface area contributed by atoms with Crippen LogP contribution in [-0.2, 0) is 36.9 Å². The smallest absolute Gasteiger partial charge is 0.408 e. The Labute approximate surface area is 252 Å². The summed E-state index contributed by atoms with van der Waals surface area (Å²) in [7, 11) is 0. The monoisotopic (exact) mass is 593 g/mol. The third-order valence-corrected chi connectivity index (χ3v) is 7.37. The molecule has 3 rings (SSSR count). The fraction of sp³-hybridized carbons (Fsp3) is 0.469. The van der Waals surface area contributed by atoms with Crippen molar-refractivity contribution in [1.29, 1.82) is 0 Å². The number of amides is 5. The molecule has 6 N–H and O–H groups in total. The van der Waals surface area contributed by atoms with Crippen LogP contribution in [0.4, 0.5) is 4.79 Å². The summed E-state index contributed by atoms with van der Waals surface area (Å²) in [6, 6.07) is 16.5. The number of ether oxygens (including phenoxy) is 1. The molecule has 0 aliphatic heterocycles. The molecule has 5 amide bonds. The third kappa shape index (κ3) is 10.7. The predicted molar refractivity (Wildman–Crippen MR) is 161 cm³/mol. The van der Waals surface area contributed by atoms with Crippen LogP contribution < -0.4 is 27.0 Å². The first-order valence-corrected chi connectivity index (χ1v) is 14.8. The Bertz CT molecular complexity index is 1230. The zero-order valence-electron chi connectivity index (χ0n) is 24.9. The standard InChI is InChI=1S/C32H43N5O6/c1-22(2)18-25(28(39)34-20-27(33)38)35-30(41)32(16-10-5-11-17-32)37-29(40)26(19-23-12-6-3-7-13-23)36-31(42)43-21-24-14-8-4-9-15-24/h3-4,6-9,12-15,22,25-26H,5,10-11,16-21H2,1-2H3,(H2,33,38)(H,34,39)(H,35,41)(H,36,42)(H,37,40). The Morgan fingerprint density at radius 1 is 0.814 bits per heavy atom. The van der Waals surface area contributed by atoms with E-state index in [4.69, 9.17) is 10.5 Å². The average Bonchev–Trinajstić information content (AvgIpc) is 2.99. The topological polar surface area (TPSA) is 169 Å². The zero-order valence-corrected chi connectivity index (χ0v) is 24.9. The Morgan fingerprint density at radius 3 is 2.00 bits per heavy atom. The van der Waals surface area contributed by atoms with E-state index >= 15 is 0 Å². The highest BCUT2D eigenvalue weighted by atomic mass is 16.5. The highest BCUT2D eigenvalue weighted by Gasteiger charge is 2.43. The molecule has 1 saturated carbocycles. The Balaban J connectivity index is 1.78. The average molecular weight is 594 g/mol. The lowest BCUT2D eigenvalue weighted by Gasteiger charge is -2.38. The number of hydrogen-bond acceptors (Lipinski definition) is 6. The first kappa shape index (κ1) is 33.1. The van der Waals surface area contributed by atoms with Gasteiger partial charge in [0.15, 0.2) is 0 Å². The van der Waals surface area contributed by atoms with Crippen LogP contribution in [0.15, 0.2) is 60.7 Å². The molecular weight excluding hydrogens is 550 g/mol. The minimum atomic E-state index is -1.28. The van der Waals surface area contributed by atoms with Crippen LogP contribution in [0.2, 0.25) is 0 Å². The molecular formula is C32H43N5O6. The molecule has 2 atom stereocenters. The number of carbonyl (C=O) groups is 5. The maximum atomic E-state index is 13.8. The van der Waals surface area contributed by atoms with Gasteiger partial charge >= 0.3 is 6.09 Å². The molecule has 1 aliphatic carbocycles. The van der Waals surface area contributed by atoms with Crippen molar-refractivity contribution in [2.75, 3.05) is 6.54 Å². The van der Waals surface area contributed by atoms with Crippen molar-refractivity contribution in [2.24, 2.45) is 11.7 Å². The molecule has 0 aromatic heterocycles. The largest absolute Gasteiger partial charge is 0.445 e. The summed E-state index contributed by atoms with van der Waals surface area (Å²) in [5, 5.41) is 10.9. The Hall–Kier alpha value is -4.41. The van der Waals surface area contributed by atoms with Crippen LogP contribution in [0, 0.1) is 5.92 Å². The van der Waals surface area contributed by atoms with Crippen molar-refractivity contribution in [2.45, 2.75) is 83.0 Å². The molecule has 1 aliphatic rings. The van der Waals surface area contributed by atoms with Crippen LogP contribution in [-0.4, -0.2) is 53.9 Å². The molecule has 0 saturated heterocycles. The van der Waals surface area contributed by atoms with E-state index in [1.807, 2.05) is 74.5 Å². The van der Waals surface area contributed by atoms with Crippen LogP contribution in [0.5, 0.6) is 0 Å². The van der Waals surface area contributed by atoms with E-state index in [0.29, 0.717) is 32.1 Å². The molecule has 1 fully saturated rings. The van der Waals surface area contributed by atoms with E-state index in [2.05, 4.69) is 21.3 Å². The predicted octanol–water partition coefficient (Wildman–Crippen LogP) is 2.48. The van der Waals surface area contributed by atoms with Gasteiger partial charge in [0.25, 0.3) is 0 Å². The number of primary amides is 1. The molecule has 0 spiro atoms. The second kappa shape index (κ2) is 16.3. The molecule has 43 heavy (non-hydrogen) atoms. The van der Waals surface area contributed by atoms with Crippen molar-refractivity contribution in [3.05, 3.63) is 71.8 Å². The second-order valence-electron chi connectivity index (χ2n) is 11.4. The van der Waals surface area contributed by atoms with E-state index in [1.165, 1.54) is 0 Å². The summed E-state index contributed by atoms with van der Waals surface area (Å²) in [4.78, 5) is 64.5. The van der Waals surface area contributed by atoms with Crippen molar-refractivity contribution >= 4 is 29.7 Å². The van der Waals surface area contributed by atoms with Gasteiger partial charge in [0.1, 0.15) is 24.2 Å². The first-order chi connectivity index (χ1) is 20.6. The van der Waals surface area contributed by atoms with E-state index in [9.17, 15) is 24.0 Å². The maximum absolute atomic E-state index is 13.8. The fourth-order valence-corrected chi connectivity index (χ4v) is 5.15. The van der Waals surface area contributed by atoms with Crippen LogP contribution in [0.3, 0.4) is 0 Å². The molecule has 0 heterocycles. The van der Waals surface area contributed by atoms with Crippen molar-refractivity contribution in [3.63, 3.8) is 0 Å². The van der Waals surface area contributed by atoms with Gasteiger partial charge in [-0.05, 0) is 36.3 Å². The third-order valence-electron chi connectivity index (χ3n) is 7.37. The molecule has 2 aromatic rings. The summed E-state index contributed by atoms with van der Waals surface area (Å²) < 4.78 is 5.38. The van der Waals surface area contributed by atoms with Gasteiger partial charge in [0.2, 0.25) is 23.6 Å². The summed E-state index contributed by atoms with van der Waals surface area (Å²) in [6.45, 7) is 3.51. The SMILES string of the molecule is CC(C)CC(NC(=O)C1(NC(=O)C(Cc2ccccc2)NC(=O)OCc2ccccc2)CCCCC1)C(=O)NCC(N)=O. The number of carbonyl (C=O) groups excluding carboxylic acids is 5. The van der Waals surface area contributed by atoms with Gasteiger partial charge < -0.3 is 31.7 Å². The van der Waals surface area contributed by atoms with Gasteiger partial charge in [-0.3, -0.25) is 19.2 Å². The van der Waals surface area contributed by atoms with Crippen LogP contribution >= 0.6 is 0 Å². The van der Waals surface area contributed by atoms with E-state index < -0.39 is 47.3 Å². The van der Waals surface area contributed by atoms with Gasteiger partial charge in [0.05, 0.1) is 6.54 Å². The van der Waals surface area contributed by atoms with E-state index in [0.717, 1.165) is 17.5 Å². The van der Waals surface area contributed by atoms with Crippen molar-refractivity contribution in [1.82, 2.24) is 21.3 Å². The lowest BCUT2D eigenvalue weighted by atomic mass is 9.80. The van der Waals surface area contributed by atoms with Gasteiger partial charge in [-0.25, -0.2) is 4.79 Å². The number of hydrogen-bond donors (Lipinski definition) is 5. The van der Waals surface area contributed by atoms with Crippen LogP contribution in [0.25, 0.3) is 0 Å².